The number of hydrogen-bond donors (Lipinski definition) is 1. The van der Waals surface area contributed by atoms with Crippen LogP contribution in [0.15, 0.2) is 30.3 Å². The van der Waals surface area contributed by atoms with E-state index in [1.165, 1.54) is 25.1 Å². The molecule has 3 nitrogen and oxygen atoms in total. The molecule has 2 rings (SSSR count). The summed E-state index contributed by atoms with van der Waals surface area (Å²) < 4.78 is 32.6. The van der Waals surface area contributed by atoms with E-state index >= 15 is 0 Å². The highest BCUT2D eigenvalue weighted by atomic mass is 19.1. The van der Waals surface area contributed by atoms with E-state index in [0.717, 1.165) is 12.1 Å². The summed E-state index contributed by atoms with van der Waals surface area (Å²) in [6.45, 7) is 3.68. The van der Waals surface area contributed by atoms with E-state index in [1.54, 1.807) is 0 Å². The van der Waals surface area contributed by atoms with E-state index in [2.05, 4.69) is 0 Å². The van der Waals surface area contributed by atoms with Crippen molar-refractivity contribution in [2.24, 2.45) is 0 Å². The van der Waals surface area contributed by atoms with Crippen LogP contribution < -0.4 is 10.5 Å². The SMILES string of the molecule is CCOc1ccc(C(=O)c2cc(F)c(C)cc2F)cc1N. The van der Waals surface area contributed by atoms with Crippen molar-refractivity contribution in [1.82, 2.24) is 0 Å². The molecular weight excluding hydrogens is 276 g/mol. The molecule has 0 aliphatic carbocycles. The normalized spacial score (nSPS) is 10.5. The zero-order valence-electron chi connectivity index (χ0n) is 11.7. The average Bonchev–Trinajstić information content (AvgIpc) is 2.44. The first-order valence-corrected chi connectivity index (χ1v) is 6.46. The monoisotopic (exact) mass is 291 g/mol. The Morgan fingerprint density at radius 3 is 2.52 bits per heavy atom. The number of halogens is 2. The van der Waals surface area contributed by atoms with Crippen LogP contribution in [0.4, 0.5) is 14.5 Å². The highest BCUT2D eigenvalue weighted by molar-refractivity contribution is 6.09. The molecular formula is C16H15F2NO2. The third kappa shape index (κ3) is 3.02. The largest absolute Gasteiger partial charge is 0.492 e. The maximum Gasteiger partial charge on any atom is 0.196 e. The molecule has 0 atom stereocenters. The van der Waals surface area contributed by atoms with E-state index in [-0.39, 0.29) is 22.4 Å². The first-order chi connectivity index (χ1) is 9.93. The fourth-order valence-electron chi connectivity index (χ4n) is 1.95. The summed E-state index contributed by atoms with van der Waals surface area (Å²) in [5, 5.41) is 0. The van der Waals surface area contributed by atoms with Crippen molar-refractivity contribution in [3.05, 3.63) is 58.7 Å². The summed E-state index contributed by atoms with van der Waals surface area (Å²) in [6.07, 6.45) is 0. The van der Waals surface area contributed by atoms with Crippen LogP contribution in [0.25, 0.3) is 0 Å². The molecule has 0 aliphatic rings. The predicted octanol–water partition coefficient (Wildman–Crippen LogP) is 3.49. The summed E-state index contributed by atoms with van der Waals surface area (Å²) in [7, 11) is 0. The number of carbonyl (C=O) groups excluding carboxylic acids is 1. The van der Waals surface area contributed by atoms with Crippen molar-refractivity contribution in [2.75, 3.05) is 12.3 Å². The summed E-state index contributed by atoms with van der Waals surface area (Å²) in [5.74, 6) is -1.56. The van der Waals surface area contributed by atoms with Crippen LogP contribution in [0.1, 0.15) is 28.4 Å². The van der Waals surface area contributed by atoms with Gasteiger partial charge in [-0.1, -0.05) is 0 Å². The van der Waals surface area contributed by atoms with Crippen LogP contribution in [-0.4, -0.2) is 12.4 Å². The highest BCUT2D eigenvalue weighted by Gasteiger charge is 2.17. The van der Waals surface area contributed by atoms with Gasteiger partial charge < -0.3 is 10.5 Å². The number of ether oxygens (including phenoxy) is 1. The molecule has 110 valence electrons. The van der Waals surface area contributed by atoms with Crippen molar-refractivity contribution in [1.29, 1.82) is 0 Å². The minimum Gasteiger partial charge on any atom is -0.492 e. The van der Waals surface area contributed by atoms with Gasteiger partial charge in [0, 0.05) is 5.56 Å². The topological polar surface area (TPSA) is 52.3 Å². The summed E-state index contributed by atoms with van der Waals surface area (Å²) in [4.78, 5) is 12.2. The van der Waals surface area contributed by atoms with Crippen LogP contribution in [-0.2, 0) is 0 Å². The Labute approximate surface area is 121 Å². The van der Waals surface area contributed by atoms with Gasteiger partial charge in [0.2, 0.25) is 0 Å². The van der Waals surface area contributed by atoms with Crippen LogP contribution in [0.3, 0.4) is 0 Å². The number of ketones is 1. The molecule has 0 saturated heterocycles. The quantitative estimate of drug-likeness (QED) is 0.693. The Hall–Kier alpha value is -2.43. The molecule has 0 fully saturated rings. The average molecular weight is 291 g/mol. The second-order valence-corrected chi connectivity index (χ2v) is 4.60. The molecule has 0 radical (unpaired) electrons. The number of anilines is 1. The Kier molecular flexibility index (Phi) is 4.21. The molecule has 21 heavy (non-hydrogen) atoms. The number of rotatable bonds is 4. The van der Waals surface area contributed by atoms with Crippen LogP contribution >= 0.6 is 0 Å². The second-order valence-electron chi connectivity index (χ2n) is 4.60. The third-order valence-corrected chi connectivity index (χ3v) is 3.06. The predicted molar refractivity (Wildman–Crippen MR) is 76.6 cm³/mol. The molecule has 0 aliphatic heterocycles. The Bertz CT molecular complexity index is 699. The Morgan fingerprint density at radius 1 is 1.19 bits per heavy atom. The molecule has 0 amide bonds. The van der Waals surface area contributed by atoms with E-state index in [1.807, 2.05) is 6.92 Å². The molecule has 2 N–H and O–H groups in total. The van der Waals surface area contributed by atoms with Gasteiger partial charge in [-0.2, -0.15) is 0 Å². The minimum absolute atomic E-state index is 0.148. The van der Waals surface area contributed by atoms with Gasteiger partial charge in [0.15, 0.2) is 5.78 Å². The number of nitrogen functional groups attached to an aromatic ring is 1. The van der Waals surface area contributed by atoms with Crippen LogP contribution in [0, 0.1) is 18.6 Å². The fourth-order valence-corrected chi connectivity index (χ4v) is 1.95. The van der Waals surface area contributed by atoms with Gasteiger partial charge in [-0.15, -0.1) is 0 Å². The summed E-state index contributed by atoms with van der Waals surface area (Å²) >= 11 is 0. The van der Waals surface area contributed by atoms with Crippen molar-refractivity contribution in [3.63, 3.8) is 0 Å². The van der Waals surface area contributed by atoms with Gasteiger partial charge in [0.1, 0.15) is 17.4 Å². The smallest absolute Gasteiger partial charge is 0.196 e. The van der Waals surface area contributed by atoms with E-state index in [4.69, 9.17) is 10.5 Å². The van der Waals surface area contributed by atoms with Gasteiger partial charge in [0.25, 0.3) is 0 Å². The van der Waals surface area contributed by atoms with Gasteiger partial charge in [-0.05, 0) is 49.7 Å². The van der Waals surface area contributed by atoms with E-state index in [0.29, 0.717) is 12.4 Å². The van der Waals surface area contributed by atoms with Crippen molar-refractivity contribution in [3.8, 4) is 5.75 Å². The Balaban J connectivity index is 2.41. The molecule has 0 unspecified atom stereocenters. The van der Waals surface area contributed by atoms with E-state index in [9.17, 15) is 13.6 Å². The summed E-state index contributed by atoms with van der Waals surface area (Å²) in [6, 6.07) is 6.31. The molecule has 2 aromatic carbocycles. The lowest BCUT2D eigenvalue weighted by atomic mass is 10.0. The van der Waals surface area contributed by atoms with Crippen molar-refractivity contribution >= 4 is 11.5 Å². The van der Waals surface area contributed by atoms with E-state index < -0.39 is 17.4 Å². The van der Waals surface area contributed by atoms with Gasteiger partial charge in [-0.3, -0.25) is 4.79 Å². The zero-order valence-corrected chi connectivity index (χ0v) is 11.7. The first kappa shape index (κ1) is 15.0. The molecule has 0 spiro atoms. The Morgan fingerprint density at radius 2 is 1.90 bits per heavy atom. The third-order valence-electron chi connectivity index (χ3n) is 3.06. The standard InChI is InChI=1S/C16H15F2NO2/c1-3-21-15-5-4-10(7-14(15)19)16(20)11-8-12(17)9(2)6-13(11)18/h4-8H,3,19H2,1-2H3. The number of hydrogen-bond acceptors (Lipinski definition) is 3. The van der Waals surface area contributed by atoms with Gasteiger partial charge in [0.05, 0.1) is 17.9 Å². The second kappa shape index (κ2) is 5.91. The van der Waals surface area contributed by atoms with Gasteiger partial charge in [-0.25, -0.2) is 8.78 Å². The number of aryl methyl sites for hydroxylation is 1. The lowest BCUT2D eigenvalue weighted by Crippen LogP contribution is -2.07. The summed E-state index contributed by atoms with van der Waals surface area (Å²) in [5.41, 5.74) is 6.05. The first-order valence-electron chi connectivity index (χ1n) is 6.46. The molecule has 0 heterocycles. The zero-order chi connectivity index (χ0) is 15.6. The molecule has 0 aromatic heterocycles. The van der Waals surface area contributed by atoms with Gasteiger partial charge >= 0.3 is 0 Å². The molecule has 0 saturated carbocycles. The minimum atomic E-state index is -0.758. The van der Waals surface area contributed by atoms with Crippen LogP contribution in [0.2, 0.25) is 0 Å². The van der Waals surface area contributed by atoms with Crippen molar-refractivity contribution < 1.29 is 18.3 Å². The molecule has 0 bridgehead atoms. The fraction of sp³-hybridized carbons (Fsp3) is 0.188. The number of carbonyl (C=O) groups is 1. The lowest BCUT2D eigenvalue weighted by Gasteiger charge is -2.09. The van der Waals surface area contributed by atoms with Crippen LogP contribution in [0.5, 0.6) is 5.75 Å². The highest BCUT2D eigenvalue weighted by Crippen LogP contribution is 2.25. The maximum absolute atomic E-state index is 13.8. The molecule has 5 heteroatoms. The lowest BCUT2D eigenvalue weighted by molar-refractivity contribution is 0.103. The van der Waals surface area contributed by atoms with Crippen molar-refractivity contribution in [2.45, 2.75) is 13.8 Å². The number of nitrogens with two attached hydrogens (primary N) is 1. The number of benzene rings is 2. The molecule has 2 aromatic rings. The maximum atomic E-state index is 13.8.